The van der Waals surface area contributed by atoms with Crippen molar-refractivity contribution in [2.45, 2.75) is 41.5 Å². The molecule has 0 unspecified atom stereocenters. The lowest BCUT2D eigenvalue weighted by molar-refractivity contribution is 1.50. The molecule has 1 aromatic rings. The van der Waals surface area contributed by atoms with Crippen LogP contribution in [0.2, 0.25) is 0 Å². The van der Waals surface area contributed by atoms with Gasteiger partial charge in [0, 0.05) is 10.2 Å². The Morgan fingerprint density at radius 2 is 1.36 bits per heavy atom. The number of anilines is 1. The molecule has 0 amide bonds. The lowest BCUT2D eigenvalue weighted by Gasteiger charge is -1.89. The van der Waals surface area contributed by atoms with Crippen LogP contribution in [-0.2, 0) is 0 Å². The standard InChI is InChI=1S/C6H6BrN.3C2H6/c7-5-2-1-3-6(8)4-5;3*1-2/h1-4H,8H2;3*1-2H3. The minimum atomic E-state index is 0.791. The van der Waals surface area contributed by atoms with Gasteiger partial charge in [-0.3, -0.25) is 0 Å². The molecule has 1 rings (SSSR count). The highest BCUT2D eigenvalue weighted by Gasteiger charge is 1.82. The molecule has 0 bridgehead atoms. The summed E-state index contributed by atoms with van der Waals surface area (Å²) in [6.07, 6.45) is 0. The fourth-order valence-electron chi connectivity index (χ4n) is 0.507. The summed E-state index contributed by atoms with van der Waals surface area (Å²) < 4.78 is 1.03. The zero-order valence-electron chi connectivity index (χ0n) is 10.3. The van der Waals surface area contributed by atoms with Gasteiger partial charge in [0.05, 0.1) is 0 Å². The average Bonchev–Trinajstić information content (AvgIpc) is 2.26. The SMILES string of the molecule is CC.CC.CC.Nc1cccc(Br)c1. The maximum absolute atomic E-state index is 5.43. The number of nitrogens with two attached hydrogens (primary N) is 1. The first kappa shape index (κ1) is 19.1. The van der Waals surface area contributed by atoms with Crippen LogP contribution in [0, 0.1) is 0 Å². The number of hydrogen-bond acceptors (Lipinski definition) is 1. The number of halogens is 1. The van der Waals surface area contributed by atoms with Crippen LogP contribution in [0.25, 0.3) is 0 Å². The van der Waals surface area contributed by atoms with E-state index in [1.165, 1.54) is 0 Å². The van der Waals surface area contributed by atoms with E-state index >= 15 is 0 Å². The highest BCUT2D eigenvalue weighted by Crippen LogP contribution is 2.11. The Hall–Kier alpha value is -0.500. The highest BCUT2D eigenvalue weighted by atomic mass is 79.9. The molecule has 2 N–H and O–H groups in total. The molecule has 0 aliphatic carbocycles. The maximum atomic E-state index is 5.43. The molecule has 14 heavy (non-hydrogen) atoms. The van der Waals surface area contributed by atoms with E-state index in [1.807, 2.05) is 65.8 Å². The average molecular weight is 262 g/mol. The molecule has 0 spiro atoms. The van der Waals surface area contributed by atoms with Crippen LogP contribution < -0.4 is 5.73 Å². The van der Waals surface area contributed by atoms with E-state index in [4.69, 9.17) is 5.73 Å². The largest absolute Gasteiger partial charge is 0.399 e. The molecule has 0 aliphatic rings. The van der Waals surface area contributed by atoms with Crippen LogP contribution in [0.15, 0.2) is 28.7 Å². The molecule has 0 aromatic heterocycles. The first-order valence-corrected chi connectivity index (χ1v) is 6.09. The number of nitrogen functional groups attached to an aromatic ring is 1. The van der Waals surface area contributed by atoms with Gasteiger partial charge in [-0.15, -0.1) is 0 Å². The summed E-state index contributed by atoms with van der Waals surface area (Å²) in [4.78, 5) is 0. The Kier molecular flexibility index (Phi) is 25.0. The summed E-state index contributed by atoms with van der Waals surface area (Å²) >= 11 is 3.28. The van der Waals surface area contributed by atoms with Crippen LogP contribution in [0.5, 0.6) is 0 Å². The van der Waals surface area contributed by atoms with Crippen molar-refractivity contribution in [3.8, 4) is 0 Å². The van der Waals surface area contributed by atoms with Crippen molar-refractivity contribution in [2.75, 3.05) is 5.73 Å². The van der Waals surface area contributed by atoms with Gasteiger partial charge in [-0.1, -0.05) is 63.5 Å². The van der Waals surface area contributed by atoms with E-state index in [-0.39, 0.29) is 0 Å². The van der Waals surface area contributed by atoms with Crippen LogP contribution >= 0.6 is 15.9 Å². The number of benzene rings is 1. The third kappa shape index (κ3) is 14.0. The summed E-state index contributed by atoms with van der Waals surface area (Å²) in [7, 11) is 0. The monoisotopic (exact) mass is 261 g/mol. The Bertz CT molecular complexity index is 170. The summed E-state index contributed by atoms with van der Waals surface area (Å²) in [5.41, 5.74) is 6.22. The maximum Gasteiger partial charge on any atom is 0.0325 e. The fourth-order valence-corrected chi connectivity index (χ4v) is 0.924. The molecular weight excluding hydrogens is 238 g/mol. The zero-order chi connectivity index (χ0) is 12.0. The van der Waals surface area contributed by atoms with Crippen LogP contribution in [0.3, 0.4) is 0 Å². The first-order valence-electron chi connectivity index (χ1n) is 5.30. The van der Waals surface area contributed by atoms with E-state index in [9.17, 15) is 0 Å². The molecule has 0 radical (unpaired) electrons. The molecule has 0 fully saturated rings. The van der Waals surface area contributed by atoms with Gasteiger partial charge >= 0.3 is 0 Å². The van der Waals surface area contributed by atoms with Gasteiger partial charge < -0.3 is 5.73 Å². The van der Waals surface area contributed by atoms with Gasteiger partial charge in [0.2, 0.25) is 0 Å². The van der Waals surface area contributed by atoms with E-state index in [1.54, 1.807) is 0 Å². The normalized spacial score (nSPS) is 6.50. The van der Waals surface area contributed by atoms with Crippen molar-refractivity contribution in [1.29, 1.82) is 0 Å². The third-order valence-corrected chi connectivity index (χ3v) is 1.34. The summed E-state index contributed by atoms with van der Waals surface area (Å²) in [6.45, 7) is 12.0. The van der Waals surface area contributed by atoms with Gasteiger partial charge in [-0.05, 0) is 18.2 Å². The Labute approximate surface area is 97.8 Å². The van der Waals surface area contributed by atoms with Gasteiger partial charge in [0.25, 0.3) is 0 Å². The molecule has 0 saturated carbocycles. The molecule has 0 heterocycles. The Balaban J connectivity index is -0.000000174. The minimum Gasteiger partial charge on any atom is -0.399 e. The zero-order valence-corrected chi connectivity index (χ0v) is 11.9. The first-order chi connectivity index (χ1) is 6.79. The fraction of sp³-hybridized carbons (Fsp3) is 0.500. The summed E-state index contributed by atoms with van der Waals surface area (Å²) in [6, 6.07) is 7.56. The minimum absolute atomic E-state index is 0.791. The van der Waals surface area contributed by atoms with Crippen LogP contribution in [0.1, 0.15) is 41.5 Å². The highest BCUT2D eigenvalue weighted by molar-refractivity contribution is 9.10. The van der Waals surface area contributed by atoms with Crippen molar-refractivity contribution in [1.82, 2.24) is 0 Å². The second-order valence-electron chi connectivity index (χ2n) is 1.56. The molecule has 84 valence electrons. The van der Waals surface area contributed by atoms with Crippen molar-refractivity contribution >= 4 is 21.6 Å². The molecule has 1 nitrogen and oxygen atoms in total. The van der Waals surface area contributed by atoms with E-state index in [0.717, 1.165) is 10.2 Å². The predicted octanol–water partition coefficient (Wildman–Crippen LogP) is 5.11. The van der Waals surface area contributed by atoms with Crippen molar-refractivity contribution in [3.05, 3.63) is 28.7 Å². The van der Waals surface area contributed by atoms with Gasteiger partial charge in [-0.25, -0.2) is 0 Å². The van der Waals surface area contributed by atoms with Crippen LogP contribution in [-0.4, -0.2) is 0 Å². The second kappa shape index (κ2) is 18.3. The molecule has 0 saturated heterocycles. The lowest BCUT2D eigenvalue weighted by Crippen LogP contribution is -1.80. The molecule has 2 heteroatoms. The van der Waals surface area contributed by atoms with Gasteiger partial charge in [0.15, 0.2) is 0 Å². The van der Waals surface area contributed by atoms with E-state index in [0.29, 0.717) is 0 Å². The summed E-state index contributed by atoms with van der Waals surface area (Å²) in [5.74, 6) is 0. The predicted molar refractivity (Wildman–Crippen MR) is 72.6 cm³/mol. The topological polar surface area (TPSA) is 26.0 Å². The van der Waals surface area contributed by atoms with Gasteiger partial charge in [0.1, 0.15) is 0 Å². The lowest BCUT2D eigenvalue weighted by atomic mass is 10.3. The molecular formula is C12H24BrN. The van der Waals surface area contributed by atoms with Crippen LogP contribution in [0.4, 0.5) is 5.69 Å². The van der Waals surface area contributed by atoms with Crippen molar-refractivity contribution in [3.63, 3.8) is 0 Å². The van der Waals surface area contributed by atoms with Gasteiger partial charge in [-0.2, -0.15) is 0 Å². The third-order valence-electron chi connectivity index (χ3n) is 0.849. The van der Waals surface area contributed by atoms with Crippen molar-refractivity contribution in [2.24, 2.45) is 0 Å². The van der Waals surface area contributed by atoms with Crippen molar-refractivity contribution < 1.29 is 0 Å². The number of rotatable bonds is 0. The number of hydrogen-bond donors (Lipinski definition) is 1. The quantitative estimate of drug-likeness (QED) is 0.646. The molecule has 1 aromatic carbocycles. The van der Waals surface area contributed by atoms with E-state index in [2.05, 4.69) is 15.9 Å². The smallest absolute Gasteiger partial charge is 0.0325 e. The van der Waals surface area contributed by atoms with E-state index < -0.39 is 0 Å². The Morgan fingerprint density at radius 1 is 0.929 bits per heavy atom. The Morgan fingerprint density at radius 3 is 1.57 bits per heavy atom. The molecule has 0 aliphatic heterocycles. The second-order valence-corrected chi connectivity index (χ2v) is 2.47. The summed E-state index contributed by atoms with van der Waals surface area (Å²) in [5, 5.41) is 0. The molecule has 0 atom stereocenters.